The highest BCUT2D eigenvalue weighted by atomic mass is 79.9. The van der Waals surface area contributed by atoms with E-state index in [-0.39, 0.29) is 0 Å². The summed E-state index contributed by atoms with van der Waals surface area (Å²) in [4.78, 5) is 3.90. The number of nitrogens with two attached hydrogens (primary N) is 2. The van der Waals surface area contributed by atoms with Crippen LogP contribution in [0.4, 0.5) is 14.5 Å². The van der Waals surface area contributed by atoms with Crippen LogP contribution in [0.25, 0.3) is 0 Å². The van der Waals surface area contributed by atoms with Gasteiger partial charge in [0.2, 0.25) is 0 Å². The van der Waals surface area contributed by atoms with Gasteiger partial charge in [0.25, 0.3) is 0 Å². The summed E-state index contributed by atoms with van der Waals surface area (Å²) >= 11 is 3.40. The van der Waals surface area contributed by atoms with Crippen molar-refractivity contribution >= 4 is 27.5 Å². The van der Waals surface area contributed by atoms with Crippen molar-refractivity contribution in [1.29, 1.82) is 0 Å². The Morgan fingerprint density at radius 2 is 1.76 bits per heavy atom. The van der Waals surface area contributed by atoms with Crippen LogP contribution >= 0.6 is 15.9 Å². The number of benzene rings is 2. The lowest BCUT2D eigenvalue weighted by Gasteiger charge is -2.11. The van der Waals surface area contributed by atoms with Crippen molar-refractivity contribution in [3.8, 4) is 0 Å². The highest BCUT2D eigenvalue weighted by Gasteiger charge is 2.11. The van der Waals surface area contributed by atoms with Crippen molar-refractivity contribution in [3.63, 3.8) is 0 Å². The minimum absolute atomic E-state index is 0.312. The molecule has 0 aliphatic rings. The fourth-order valence-corrected chi connectivity index (χ4v) is 2.55. The zero-order valence-electron chi connectivity index (χ0n) is 11.3. The normalized spacial score (nSPS) is 11.7. The lowest BCUT2D eigenvalue weighted by Crippen LogP contribution is -2.16. The smallest absolute Gasteiger partial charge is 0.127 e. The van der Waals surface area contributed by atoms with E-state index in [4.69, 9.17) is 11.5 Å². The quantitative estimate of drug-likeness (QED) is 0.505. The van der Waals surface area contributed by atoms with Gasteiger partial charge in [-0.2, -0.15) is 0 Å². The molecule has 0 aliphatic carbocycles. The fourth-order valence-electron chi connectivity index (χ4n) is 2.04. The van der Waals surface area contributed by atoms with Crippen LogP contribution in [0, 0.1) is 11.6 Å². The molecule has 2 aromatic rings. The molecule has 0 atom stereocenters. The first kappa shape index (κ1) is 15.4. The number of nitrogens with zero attached hydrogens (tertiary/aromatic N) is 1. The molecular formula is C15H14BrF2N3. The predicted molar refractivity (Wildman–Crippen MR) is 84.4 cm³/mol. The summed E-state index contributed by atoms with van der Waals surface area (Å²) in [5.41, 5.74) is 14.1. The van der Waals surface area contributed by atoms with Gasteiger partial charge in [-0.25, -0.2) is 8.78 Å². The molecule has 0 aromatic heterocycles. The second-order valence-corrected chi connectivity index (χ2v) is 5.45. The number of amidine groups is 1. The highest BCUT2D eigenvalue weighted by molar-refractivity contribution is 9.10. The van der Waals surface area contributed by atoms with Gasteiger partial charge < -0.3 is 11.5 Å². The van der Waals surface area contributed by atoms with E-state index in [0.717, 1.165) is 16.1 Å². The number of hydrogen-bond acceptors (Lipinski definition) is 2. The average molecular weight is 354 g/mol. The maximum atomic E-state index is 13.2. The molecule has 0 saturated heterocycles. The lowest BCUT2D eigenvalue weighted by molar-refractivity contribution is 0.580. The van der Waals surface area contributed by atoms with E-state index < -0.39 is 11.6 Å². The summed E-state index contributed by atoms with van der Waals surface area (Å²) in [6.07, 6.45) is 0.347. The van der Waals surface area contributed by atoms with Crippen LogP contribution in [0.3, 0.4) is 0 Å². The second-order valence-electron chi connectivity index (χ2n) is 4.59. The van der Waals surface area contributed by atoms with E-state index in [1.165, 1.54) is 12.1 Å². The van der Waals surface area contributed by atoms with Crippen molar-refractivity contribution in [2.45, 2.75) is 6.42 Å². The van der Waals surface area contributed by atoms with E-state index in [0.29, 0.717) is 29.1 Å². The third-order valence-electron chi connectivity index (χ3n) is 3.05. The van der Waals surface area contributed by atoms with Crippen LogP contribution in [-0.4, -0.2) is 12.9 Å². The summed E-state index contributed by atoms with van der Waals surface area (Å²) in [6.45, 7) is 0. The number of nitrogen functional groups attached to an aromatic ring is 1. The van der Waals surface area contributed by atoms with Gasteiger partial charge >= 0.3 is 0 Å². The molecule has 0 radical (unpaired) electrons. The van der Waals surface area contributed by atoms with Gasteiger partial charge in [-0.3, -0.25) is 4.99 Å². The van der Waals surface area contributed by atoms with E-state index in [2.05, 4.69) is 20.9 Å². The number of hydrogen-bond donors (Lipinski definition) is 2. The predicted octanol–water partition coefficient (Wildman–Crippen LogP) is 3.24. The molecule has 2 aromatic carbocycles. The van der Waals surface area contributed by atoms with Gasteiger partial charge in [-0.15, -0.1) is 0 Å². The summed E-state index contributed by atoms with van der Waals surface area (Å²) in [5, 5.41) is 0. The van der Waals surface area contributed by atoms with Crippen molar-refractivity contribution in [1.82, 2.24) is 0 Å². The van der Waals surface area contributed by atoms with E-state index in [1.54, 1.807) is 19.2 Å². The first-order valence-corrected chi connectivity index (χ1v) is 6.95. The zero-order valence-corrected chi connectivity index (χ0v) is 12.9. The average Bonchev–Trinajstić information content (AvgIpc) is 2.40. The van der Waals surface area contributed by atoms with Gasteiger partial charge in [0.15, 0.2) is 0 Å². The van der Waals surface area contributed by atoms with Crippen molar-refractivity contribution in [2.24, 2.45) is 10.7 Å². The summed E-state index contributed by atoms with van der Waals surface area (Å²) < 4.78 is 27.2. The molecule has 0 amide bonds. The largest absolute Gasteiger partial charge is 0.398 e. The summed E-state index contributed by atoms with van der Waals surface area (Å²) in [7, 11) is 1.57. The Balaban J connectivity index is 2.44. The van der Waals surface area contributed by atoms with Crippen molar-refractivity contribution in [3.05, 3.63) is 63.1 Å². The Morgan fingerprint density at radius 3 is 2.33 bits per heavy atom. The van der Waals surface area contributed by atoms with Crippen LogP contribution in [0.15, 0.2) is 39.8 Å². The minimum Gasteiger partial charge on any atom is -0.398 e. The minimum atomic E-state index is -0.605. The van der Waals surface area contributed by atoms with Gasteiger partial charge in [0, 0.05) is 28.8 Å². The second kappa shape index (κ2) is 6.22. The monoisotopic (exact) mass is 353 g/mol. The Hall–Kier alpha value is -1.95. The molecule has 3 nitrogen and oxygen atoms in total. The molecule has 110 valence electrons. The van der Waals surface area contributed by atoms with Gasteiger partial charge in [0.1, 0.15) is 17.5 Å². The van der Waals surface area contributed by atoms with Gasteiger partial charge in [0.05, 0.1) is 0 Å². The van der Waals surface area contributed by atoms with Crippen LogP contribution < -0.4 is 11.5 Å². The Bertz CT molecular complexity index is 694. The molecule has 0 spiro atoms. The number of halogens is 3. The standard InChI is InChI=1S/C15H14BrF2N3/c1-21-15(20)12-5-9(13(16)7-14(12)19)2-8-3-10(17)6-11(18)4-8/h3-7H,2,19H2,1H3,(H2,20,21). The van der Waals surface area contributed by atoms with Gasteiger partial charge in [-0.1, -0.05) is 15.9 Å². The Kier molecular flexibility index (Phi) is 4.57. The molecule has 0 unspecified atom stereocenters. The SMILES string of the molecule is CN=C(N)c1cc(Cc2cc(F)cc(F)c2)c(Br)cc1N. The van der Waals surface area contributed by atoms with E-state index >= 15 is 0 Å². The molecule has 0 fully saturated rings. The first-order chi connectivity index (χ1) is 9.90. The van der Waals surface area contributed by atoms with Crippen molar-refractivity contribution in [2.75, 3.05) is 12.8 Å². The molecule has 0 saturated carbocycles. The number of aliphatic imine (C=N–C) groups is 1. The zero-order chi connectivity index (χ0) is 15.6. The molecule has 4 N–H and O–H groups in total. The maximum Gasteiger partial charge on any atom is 0.127 e. The first-order valence-electron chi connectivity index (χ1n) is 6.16. The van der Waals surface area contributed by atoms with E-state index in [1.807, 2.05) is 0 Å². The van der Waals surface area contributed by atoms with Gasteiger partial charge in [-0.05, 0) is 41.8 Å². The molecule has 0 aliphatic heterocycles. The molecule has 6 heteroatoms. The molecule has 0 heterocycles. The van der Waals surface area contributed by atoms with Crippen molar-refractivity contribution < 1.29 is 8.78 Å². The third kappa shape index (κ3) is 3.58. The van der Waals surface area contributed by atoms with Crippen LogP contribution in [0.2, 0.25) is 0 Å². The van der Waals surface area contributed by atoms with Crippen LogP contribution in [-0.2, 0) is 6.42 Å². The highest BCUT2D eigenvalue weighted by Crippen LogP contribution is 2.26. The molecule has 2 rings (SSSR count). The fraction of sp³-hybridized carbons (Fsp3) is 0.133. The Labute approximate surface area is 129 Å². The van der Waals surface area contributed by atoms with E-state index in [9.17, 15) is 8.78 Å². The van der Waals surface area contributed by atoms with Crippen LogP contribution in [0.1, 0.15) is 16.7 Å². The summed E-state index contributed by atoms with van der Waals surface area (Å²) in [6, 6.07) is 6.91. The lowest BCUT2D eigenvalue weighted by atomic mass is 10.0. The third-order valence-corrected chi connectivity index (χ3v) is 3.79. The number of anilines is 1. The Morgan fingerprint density at radius 1 is 1.14 bits per heavy atom. The summed E-state index contributed by atoms with van der Waals surface area (Å²) in [5.74, 6) is -0.899. The molecule has 0 bridgehead atoms. The number of rotatable bonds is 3. The molecular weight excluding hydrogens is 340 g/mol. The molecule has 21 heavy (non-hydrogen) atoms. The maximum absolute atomic E-state index is 13.2. The van der Waals surface area contributed by atoms with Crippen LogP contribution in [0.5, 0.6) is 0 Å². The topological polar surface area (TPSA) is 64.4 Å².